The van der Waals surface area contributed by atoms with Gasteiger partial charge in [-0.1, -0.05) is 22.8 Å². The summed E-state index contributed by atoms with van der Waals surface area (Å²) >= 11 is 0. The highest BCUT2D eigenvalue weighted by Gasteiger charge is 2.06. The third kappa shape index (κ3) is 7.64. The van der Waals surface area contributed by atoms with Crippen LogP contribution in [0.3, 0.4) is 0 Å². The van der Waals surface area contributed by atoms with Crippen molar-refractivity contribution < 1.29 is 13.0 Å². The van der Waals surface area contributed by atoms with Gasteiger partial charge in [0.15, 0.2) is 0 Å². The molecule has 0 aliphatic carbocycles. The zero-order chi connectivity index (χ0) is 14.0. The van der Waals surface area contributed by atoms with Crippen molar-refractivity contribution >= 4 is 10.1 Å². The Kier molecular flexibility index (Phi) is 7.73. The summed E-state index contributed by atoms with van der Waals surface area (Å²) < 4.78 is 29.6. The van der Waals surface area contributed by atoms with Gasteiger partial charge in [-0.15, -0.1) is 0 Å². The third-order valence-electron chi connectivity index (χ3n) is 1.84. The average Bonchev–Trinajstić information content (AvgIpc) is 2.30. The van der Waals surface area contributed by atoms with Gasteiger partial charge in [0.2, 0.25) is 0 Å². The fraction of sp³-hybridized carbons (Fsp3) is 0.400. The van der Waals surface area contributed by atoms with Crippen molar-refractivity contribution in [1.82, 2.24) is 0 Å². The quantitative estimate of drug-likeness (QED) is 0.285. The maximum Gasteiger partial charge on any atom is 0.294 e. The van der Waals surface area contributed by atoms with Crippen LogP contribution in [0.1, 0.15) is 12.0 Å². The zero-order valence-electron chi connectivity index (χ0n) is 10.0. The van der Waals surface area contributed by atoms with Crippen LogP contribution in [0.4, 0.5) is 0 Å². The van der Waals surface area contributed by atoms with E-state index in [9.17, 15) is 8.42 Å². The van der Waals surface area contributed by atoms with Gasteiger partial charge in [-0.25, -0.2) is 0 Å². The normalized spacial score (nSPS) is 9.94. The van der Waals surface area contributed by atoms with E-state index in [1.807, 2.05) is 6.92 Å². The van der Waals surface area contributed by atoms with Gasteiger partial charge < -0.3 is 5.73 Å². The molecule has 0 saturated carbocycles. The highest BCUT2D eigenvalue weighted by Crippen LogP contribution is 2.08. The van der Waals surface area contributed by atoms with Gasteiger partial charge in [-0.2, -0.15) is 8.42 Å². The van der Waals surface area contributed by atoms with E-state index in [1.54, 1.807) is 12.1 Å². The molecule has 0 radical (unpaired) electrons. The van der Waals surface area contributed by atoms with Crippen LogP contribution in [-0.4, -0.2) is 26.1 Å². The molecular weight excluding hydrogens is 256 g/mol. The lowest BCUT2D eigenvalue weighted by Gasteiger charge is -1.95. The van der Waals surface area contributed by atoms with Crippen molar-refractivity contribution in [1.29, 1.82) is 0 Å². The minimum atomic E-state index is -4.02. The van der Waals surface area contributed by atoms with Gasteiger partial charge in [0.05, 0.1) is 4.90 Å². The first-order valence-electron chi connectivity index (χ1n) is 5.17. The lowest BCUT2D eigenvalue weighted by Crippen LogP contribution is -1.98. The third-order valence-corrected chi connectivity index (χ3v) is 2.71. The van der Waals surface area contributed by atoms with E-state index in [2.05, 4.69) is 10.0 Å². The van der Waals surface area contributed by atoms with Crippen LogP contribution >= 0.6 is 0 Å². The van der Waals surface area contributed by atoms with Crippen LogP contribution < -0.4 is 5.73 Å². The highest BCUT2D eigenvalue weighted by molar-refractivity contribution is 7.85. The minimum Gasteiger partial charge on any atom is -0.330 e. The molecule has 0 aliphatic rings. The van der Waals surface area contributed by atoms with Gasteiger partial charge >= 0.3 is 0 Å². The van der Waals surface area contributed by atoms with Crippen LogP contribution in [0.2, 0.25) is 0 Å². The van der Waals surface area contributed by atoms with Gasteiger partial charge in [-0.05, 0) is 37.6 Å². The molecule has 0 atom stereocenters. The molecule has 3 N–H and O–H groups in total. The standard InChI is InChI=1S/C7H8O3S.C3H8N4/c1-6-2-4-7(5-3-6)11(8,9)10;4-2-1-3-6-7-5/h2-5H,1H3,(H,8,9,10);1-4H2. The Hall–Kier alpha value is -1.60. The maximum atomic E-state index is 10.5. The molecule has 0 spiro atoms. The largest absolute Gasteiger partial charge is 0.330 e. The molecule has 100 valence electrons. The van der Waals surface area contributed by atoms with Crippen molar-refractivity contribution in [2.24, 2.45) is 10.8 Å². The van der Waals surface area contributed by atoms with E-state index in [4.69, 9.17) is 15.8 Å². The second-order valence-corrected chi connectivity index (χ2v) is 4.81. The Balaban J connectivity index is 0.000000360. The Morgan fingerprint density at radius 2 is 1.94 bits per heavy atom. The number of hydrogen-bond donors (Lipinski definition) is 2. The molecule has 1 aromatic rings. The molecular formula is C10H16N4O3S. The van der Waals surface area contributed by atoms with Crippen molar-refractivity contribution in [2.75, 3.05) is 13.1 Å². The molecule has 0 amide bonds. The fourth-order valence-corrected chi connectivity index (χ4v) is 1.40. The van der Waals surface area contributed by atoms with Gasteiger partial charge in [0.25, 0.3) is 10.1 Å². The van der Waals surface area contributed by atoms with Gasteiger partial charge in [0.1, 0.15) is 0 Å². The monoisotopic (exact) mass is 272 g/mol. The molecule has 1 rings (SSSR count). The second kappa shape index (κ2) is 8.48. The molecule has 0 heterocycles. The second-order valence-electron chi connectivity index (χ2n) is 3.38. The van der Waals surface area contributed by atoms with Crippen LogP contribution in [0.5, 0.6) is 0 Å². The molecule has 0 unspecified atom stereocenters. The van der Waals surface area contributed by atoms with E-state index in [0.717, 1.165) is 12.0 Å². The van der Waals surface area contributed by atoms with Crippen molar-refractivity contribution in [2.45, 2.75) is 18.2 Å². The number of hydrogen-bond acceptors (Lipinski definition) is 4. The number of nitrogens with zero attached hydrogens (tertiary/aromatic N) is 3. The summed E-state index contributed by atoms with van der Waals surface area (Å²) in [5.74, 6) is 0. The topological polar surface area (TPSA) is 129 Å². The Bertz CT molecular complexity index is 492. The van der Waals surface area contributed by atoms with Crippen molar-refractivity contribution in [3.05, 3.63) is 40.3 Å². The predicted octanol–water partition coefficient (Wildman–Crippen LogP) is 1.89. The highest BCUT2D eigenvalue weighted by atomic mass is 32.2. The van der Waals surface area contributed by atoms with Gasteiger partial charge in [0, 0.05) is 11.5 Å². The number of azide groups is 1. The first-order chi connectivity index (χ1) is 8.41. The lowest BCUT2D eigenvalue weighted by atomic mass is 10.2. The average molecular weight is 272 g/mol. The summed E-state index contributed by atoms with van der Waals surface area (Å²) in [5.41, 5.74) is 13.8. The molecule has 0 aliphatic heterocycles. The molecule has 8 heteroatoms. The number of aryl methyl sites for hydroxylation is 1. The molecule has 0 saturated heterocycles. The van der Waals surface area contributed by atoms with Crippen LogP contribution in [0.25, 0.3) is 10.4 Å². The van der Waals surface area contributed by atoms with Crippen molar-refractivity contribution in [3.8, 4) is 0 Å². The van der Waals surface area contributed by atoms with Crippen molar-refractivity contribution in [3.63, 3.8) is 0 Å². The number of nitrogens with two attached hydrogens (primary N) is 1. The van der Waals surface area contributed by atoms with E-state index < -0.39 is 10.1 Å². The molecule has 7 nitrogen and oxygen atoms in total. The van der Waals surface area contributed by atoms with Crippen LogP contribution in [0.15, 0.2) is 34.3 Å². The molecule has 18 heavy (non-hydrogen) atoms. The summed E-state index contributed by atoms with van der Waals surface area (Å²) in [6.45, 7) is 2.96. The van der Waals surface area contributed by atoms with E-state index in [-0.39, 0.29) is 4.90 Å². The molecule has 0 aromatic heterocycles. The Morgan fingerprint density at radius 3 is 2.33 bits per heavy atom. The summed E-state index contributed by atoms with van der Waals surface area (Å²) in [5, 5.41) is 3.26. The van der Waals surface area contributed by atoms with Gasteiger partial charge in [-0.3, -0.25) is 4.55 Å². The minimum absolute atomic E-state index is 0.0666. The maximum absolute atomic E-state index is 10.5. The smallest absolute Gasteiger partial charge is 0.294 e. The van der Waals surface area contributed by atoms with Crippen LogP contribution in [-0.2, 0) is 10.1 Å². The van der Waals surface area contributed by atoms with Crippen LogP contribution in [0, 0.1) is 6.92 Å². The SMILES string of the molecule is Cc1ccc(S(=O)(=O)O)cc1.[N-]=[N+]=NCCCN. The first-order valence-corrected chi connectivity index (χ1v) is 6.61. The zero-order valence-corrected chi connectivity index (χ0v) is 10.8. The predicted molar refractivity (Wildman–Crippen MR) is 68.7 cm³/mol. The summed E-state index contributed by atoms with van der Waals surface area (Å²) in [7, 11) is -4.02. The Labute approximate surface area is 106 Å². The summed E-state index contributed by atoms with van der Waals surface area (Å²) in [6.07, 6.45) is 0.782. The fourth-order valence-electron chi connectivity index (χ4n) is 0.917. The lowest BCUT2D eigenvalue weighted by molar-refractivity contribution is 0.483. The van der Waals surface area contributed by atoms with E-state index in [1.165, 1.54) is 12.1 Å². The first kappa shape index (κ1) is 16.4. The number of benzene rings is 1. The molecule has 0 fully saturated rings. The molecule has 1 aromatic carbocycles. The summed E-state index contributed by atoms with van der Waals surface area (Å²) in [4.78, 5) is 2.48. The number of rotatable bonds is 4. The van der Waals surface area contributed by atoms with E-state index >= 15 is 0 Å². The summed E-state index contributed by atoms with van der Waals surface area (Å²) in [6, 6.07) is 5.99. The molecule has 0 bridgehead atoms. The van der Waals surface area contributed by atoms with E-state index in [0.29, 0.717) is 13.1 Å². The Morgan fingerprint density at radius 1 is 1.39 bits per heavy atom.